The third kappa shape index (κ3) is 4.99. The molecule has 0 amide bonds. The molecule has 0 aromatic heterocycles. The van der Waals surface area contributed by atoms with Gasteiger partial charge in [0.15, 0.2) is 0 Å². The Morgan fingerprint density at radius 2 is 1.77 bits per heavy atom. The molecule has 6 nitrogen and oxygen atoms in total. The van der Waals surface area contributed by atoms with Crippen molar-refractivity contribution < 1.29 is 23.1 Å². The zero-order chi connectivity index (χ0) is 16.9. The molecule has 0 fully saturated rings. The van der Waals surface area contributed by atoms with Gasteiger partial charge < -0.3 is 9.84 Å². The maximum Gasteiger partial charge on any atom is 0.322 e. The molecule has 1 aromatic rings. The van der Waals surface area contributed by atoms with Crippen LogP contribution in [0.15, 0.2) is 29.2 Å². The number of benzene rings is 1. The van der Waals surface area contributed by atoms with E-state index < -0.39 is 22.0 Å². The Morgan fingerprint density at radius 1 is 1.23 bits per heavy atom. The Labute approximate surface area is 131 Å². The van der Waals surface area contributed by atoms with Gasteiger partial charge in [-0.1, -0.05) is 20.3 Å². The molecule has 0 aliphatic rings. The smallest absolute Gasteiger partial charge is 0.322 e. The highest BCUT2D eigenvalue weighted by Gasteiger charge is 2.29. The van der Waals surface area contributed by atoms with Crippen molar-refractivity contribution in [3.63, 3.8) is 0 Å². The van der Waals surface area contributed by atoms with Crippen LogP contribution in [-0.4, -0.2) is 31.6 Å². The number of sulfonamides is 1. The summed E-state index contributed by atoms with van der Waals surface area (Å²) in [6.45, 7) is 7.25. The van der Waals surface area contributed by atoms with E-state index in [-0.39, 0.29) is 16.9 Å². The normalized spacial score (nSPS) is 14.6. The molecule has 7 heteroatoms. The first-order valence-electron chi connectivity index (χ1n) is 7.19. The topological polar surface area (TPSA) is 92.7 Å². The second-order valence-electron chi connectivity index (χ2n) is 5.46. The van der Waals surface area contributed by atoms with E-state index in [0.717, 1.165) is 0 Å². The molecule has 22 heavy (non-hydrogen) atoms. The zero-order valence-corrected chi connectivity index (χ0v) is 14.1. The lowest BCUT2D eigenvalue weighted by Crippen LogP contribution is -2.44. The fraction of sp³-hybridized carbons (Fsp3) is 0.533. The molecule has 2 atom stereocenters. The predicted molar refractivity (Wildman–Crippen MR) is 83.4 cm³/mol. The highest BCUT2D eigenvalue weighted by molar-refractivity contribution is 7.89. The van der Waals surface area contributed by atoms with Gasteiger partial charge in [-0.15, -0.1) is 0 Å². The third-order valence-corrected chi connectivity index (χ3v) is 4.72. The predicted octanol–water partition coefficient (Wildman–Crippen LogP) is 2.25. The van der Waals surface area contributed by atoms with Crippen molar-refractivity contribution in [1.29, 1.82) is 0 Å². The summed E-state index contributed by atoms with van der Waals surface area (Å²) in [6, 6.07) is 4.74. The molecule has 0 saturated carbocycles. The highest BCUT2D eigenvalue weighted by atomic mass is 32.2. The molecule has 0 heterocycles. The number of nitrogens with one attached hydrogen (secondary N) is 1. The average Bonchev–Trinajstić information content (AvgIpc) is 2.43. The Morgan fingerprint density at radius 3 is 2.18 bits per heavy atom. The van der Waals surface area contributed by atoms with Crippen molar-refractivity contribution in [3.05, 3.63) is 24.3 Å². The van der Waals surface area contributed by atoms with E-state index in [9.17, 15) is 18.3 Å². The van der Waals surface area contributed by atoms with Crippen molar-refractivity contribution in [2.45, 2.75) is 51.2 Å². The summed E-state index contributed by atoms with van der Waals surface area (Å²) in [7, 11) is -3.89. The molecule has 0 unspecified atom stereocenters. The van der Waals surface area contributed by atoms with Gasteiger partial charge in [0.25, 0.3) is 0 Å². The molecule has 0 spiro atoms. The standard InChI is InChI=1S/C15H23NO5S/c1-5-11(4)14(15(17)18)16-22(19,20)13-8-6-12(7-9-13)21-10(2)3/h6-11,14,16H,5H2,1-4H3,(H,17,18)/t11-,14-/m0/s1. The fourth-order valence-electron chi connectivity index (χ4n) is 1.85. The zero-order valence-electron chi connectivity index (χ0n) is 13.2. The molecule has 2 N–H and O–H groups in total. The van der Waals surface area contributed by atoms with Gasteiger partial charge in [-0.2, -0.15) is 4.72 Å². The molecule has 0 radical (unpaired) electrons. The second-order valence-corrected chi connectivity index (χ2v) is 7.17. The quantitative estimate of drug-likeness (QED) is 0.763. The van der Waals surface area contributed by atoms with Crippen LogP contribution >= 0.6 is 0 Å². The summed E-state index contributed by atoms with van der Waals surface area (Å²) >= 11 is 0. The van der Waals surface area contributed by atoms with Gasteiger partial charge in [-0.05, 0) is 44.0 Å². The number of aliphatic carboxylic acids is 1. The number of ether oxygens (including phenoxy) is 1. The lowest BCUT2D eigenvalue weighted by molar-refractivity contribution is -0.140. The molecule has 0 saturated heterocycles. The molecule has 1 aromatic carbocycles. The minimum atomic E-state index is -3.89. The third-order valence-electron chi connectivity index (χ3n) is 3.27. The maximum atomic E-state index is 12.3. The van der Waals surface area contributed by atoms with Gasteiger partial charge in [0, 0.05) is 0 Å². The number of carboxylic acids is 1. The SMILES string of the molecule is CC[C@H](C)[C@H](NS(=O)(=O)c1ccc(OC(C)C)cc1)C(=O)O. The first-order chi connectivity index (χ1) is 10.2. The van der Waals surface area contributed by atoms with E-state index in [4.69, 9.17) is 4.74 Å². The monoisotopic (exact) mass is 329 g/mol. The van der Waals surface area contributed by atoms with Crippen LogP contribution in [0.2, 0.25) is 0 Å². The van der Waals surface area contributed by atoms with E-state index in [0.29, 0.717) is 12.2 Å². The van der Waals surface area contributed by atoms with E-state index >= 15 is 0 Å². The molecule has 124 valence electrons. The van der Waals surface area contributed by atoms with Crippen molar-refractivity contribution in [1.82, 2.24) is 4.72 Å². The second kappa shape index (κ2) is 7.60. The summed E-state index contributed by atoms with van der Waals surface area (Å²) in [6.07, 6.45) is 0.545. The number of hydrogen-bond donors (Lipinski definition) is 2. The van der Waals surface area contributed by atoms with Crippen molar-refractivity contribution >= 4 is 16.0 Å². The minimum Gasteiger partial charge on any atom is -0.491 e. The summed E-state index contributed by atoms with van der Waals surface area (Å²) in [5.74, 6) is -0.931. The molecular formula is C15H23NO5S. The fourth-order valence-corrected chi connectivity index (χ4v) is 3.15. The Kier molecular flexibility index (Phi) is 6.37. The molecule has 0 bridgehead atoms. The van der Waals surface area contributed by atoms with Crippen molar-refractivity contribution in [2.24, 2.45) is 5.92 Å². The van der Waals surface area contributed by atoms with E-state index in [2.05, 4.69) is 4.72 Å². The number of rotatable bonds is 8. The summed E-state index contributed by atoms with van der Waals surface area (Å²) in [4.78, 5) is 11.2. The van der Waals surface area contributed by atoms with Crippen LogP contribution in [-0.2, 0) is 14.8 Å². The molecule has 0 aliphatic carbocycles. The molecule has 0 aliphatic heterocycles. The van der Waals surface area contributed by atoms with Crippen LogP contribution in [0, 0.1) is 5.92 Å². The van der Waals surface area contributed by atoms with Gasteiger partial charge in [0.2, 0.25) is 10.0 Å². The summed E-state index contributed by atoms with van der Waals surface area (Å²) < 4.78 is 32.3. The number of carboxylic acid groups (broad SMARTS) is 1. The summed E-state index contributed by atoms with van der Waals surface area (Å²) in [5.41, 5.74) is 0. The van der Waals surface area contributed by atoms with E-state index in [1.807, 2.05) is 20.8 Å². The number of hydrogen-bond acceptors (Lipinski definition) is 4. The van der Waals surface area contributed by atoms with Crippen molar-refractivity contribution in [2.75, 3.05) is 0 Å². The van der Waals surface area contributed by atoms with Crippen LogP contribution in [0.3, 0.4) is 0 Å². The van der Waals surface area contributed by atoms with E-state index in [1.54, 1.807) is 19.1 Å². The maximum absolute atomic E-state index is 12.3. The average molecular weight is 329 g/mol. The summed E-state index contributed by atoms with van der Waals surface area (Å²) in [5, 5.41) is 9.18. The Hall–Kier alpha value is -1.60. The Balaban J connectivity index is 2.96. The number of carbonyl (C=O) groups is 1. The lowest BCUT2D eigenvalue weighted by Gasteiger charge is -2.20. The first kappa shape index (κ1) is 18.4. The van der Waals surface area contributed by atoms with Gasteiger partial charge in [-0.25, -0.2) is 8.42 Å². The molecular weight excluding hydrogens is 306 g/mol. The van der Waals surface area contributed by atoms with Gasteiger partial charge in [0.05, 0.1) is 11.0 Å². The van der Waals surface area contributed by atoms with Crippen LogP contribution < -0.4 is 9.46 Å². The van der Waals surface area contributed by atoms with Gasteiger partial charge in [-0.3, -0.25) is 4.79 Å². The van der Waals surface area contributed by atoms with Crippen LogP contribution in [0.1, 0.15) is 34.1 Å². The van der Waals surface area contributed by atoms with Crippen LogP contribution in [0.5, 0.6) is 5.75 Å². The highest BCUT2D eigenvalue weighted by Crippen LogP contribution is 2.18. The molecule has 1 rings (SSSR count). The Bertz CT molecular complexity index is 595. The lowest BCUT2D eigenvalue weighted by atomic mass is 10.0. The minimum absolute atomic E-state index is 0.0117. The van der Waals surface area contributed by atoms with Crippen molar-refractivity contribution in [3.8, 4) is 5.75 Å². The van der Waals surface area contributed by atoms with Gasteiger partial charge >= 0.3 is 5.97 Å². The first-order valence-corrected chi connectivity index (χ1v) is 8.67. The van der Waals surface area contributed by atoms with Crippen LogP contribution in [0.4, 0.5) is 0 Å². The van der Waals surface area contributed by atoms with E-state index in [1.165, 1.54) is 12.1 Å². The van der Waals surface area contributed by atoms with Crippen LogP contribution in [0.25, 0.3) is 0 Å². The largest absolute Gasteiger partial charge is 0.491 e. The van der Waals surface area contributed by atoms with Gasteiger partial charge in [0.1, 0.15) is 11.8 Å².